The lowest BCUT2D eigenvalue weighted by molar-refractivity contribution is -0.130. The SMILES string of the molecule is O=C(O)/C(=C/c1cccnc1)c1ccccn1. The highest BCUT2D eigenvalue weighted by molar-refractivity contribution is 6.19. The number of hydrogen-bond acceptors (Lipinski definition) is 3. The molecule has 0 fully saturated rings. The highest BCUT2D eigenvalue weighted by Gasteiger charge is 2.10. The van der Waals surface area contributed by atoms with Crippen molar-refractivity contribution in [1.29, 1.82) is 0 Å². The van der Waals surface area contributed by atoms with E-state index in [1.54, 1.807) is 55.0 Å². The fourth-order valence-electron chi connectivity index (χ4n) is 1.40. The molecule has 4 nitrogen and oxygen atoms in total. The maximum Gasteiger partial charge on any atom is 0.337 e. The number of carboxylic acids is 1. The van der Waals surface area contributed by atoms with Crippen molar-refractivity contribution in [2.75, 3.05) is 0 Å². The van der Waals surface area contributed by atoms with Crippen LogP contribution in [0.15, 0.2) is 48.9 Å². The van der Waals surface area contributed by atoms with Gasteiger partial charge in [-0.15, -0.1) is 0 Å². The largest absolute Gasteiger partial charge is 0.478 e. The van der Waals surface area contributed by atoms with Crippen LogP contribution in [0.25, 0.3) is 11.6 Å². The first-order chi connectivity index (χ1) is 8.27. The van der Waals surface area contributed by atoms with Gasteiger partial charge in [-0.05, 0) is 29.8 Å². The molecule has 0 saturated carbocycles. The summed E-state index contributed by atoms with van der Waals surface area (Å²) < 4.78 is 0. The summed E-state index contributed by atoms with van der Waals surface area (Å²) in [5.41, 5.74) is 1.32. The van der Waals surface area contributed by atoms with Gasteiger partial charge >= 0.3 is 5.97 Å². The predicted molar refractivity (Wildman–Crippen MR) is 64.0 cm³/mol. The van der Waals surface area contributed by atoms with Crippen molar-refractivity contribution in [2.24, 2.45) is 0 Å². The Labute approximate surface area is 98.3 Å². The molecule has 2 aromatic heterocycles. The van der Waals surface area contributed by atoms with Crippen molar-refractivity contribution in [3.63, 3.8) is 0 Å². The van der Waals surface area contributed by atoms with Crippen molar-refractivity contribution in [3.8, 4) is 0 Å². The number of aromatic nitrogens is 2. The molecule has 0 unspecified atom stereocenters. The van der Waals surface area contributed by atoms with Gasteiger partial charge in [-0.3, -0.25) is 9.97 Å². The minimum absolute atomic E-state index is 0.151. The zero-order chi connectivity index (χ0) is 12.1. The number of rotatable bonds is 3. The van der Waals surface area contributed by atoms with Crippen molar-refractivity contribution < 1.29 is 9.90 Å². The van der Waals surface area contributed by atoms with Crippen LogP contribution in [0.3, 0.4) is 0 Å². The number of carboxylic acid groups (broad SMARTS) is 1. The van der Waals surface area contributed by atoms with E-state index in [2.05, 4.69) is 9.97 Å². The van der Waals surface area contributed by atoms with Crippen LogP contribution in [0.5, 0.6) is 0 Å². The van der Waals surface area contributed by atoms with Crippen LogP contribution in [-0.4, -0.2) is 21.0 Å². The number of pyridine rings is 2. The number of carbonyl (C=O) groups is 1. The molecule has 0 atom stereocenters. The Kier molecular flexibility index (Phi) is 3.25. The lowest BCUT2D eigenvalue weighted by atomic mass is 10.1. The maximum atomic E-state index is 11.2. The van der Waals surface area contributed by atoms with Gasteiger partial charge in [0.25, 0.3) is 0 Å². The predicted octanol–water partition coefficient (Wildman–Crippen LogP) is 2.10. The van der Waals surface area contributed by atoms with Gasteiger partial charge in [-0.2, -0.15) is 0 Å². The van der Waals surface area contributed by atoms with Gasteiger partial charge in [0.05, 0.1) is 11.3 Å². The summed E-state index contributed by atoms with van der Waals surface area (Å²) in [5.74, 6) is -1.01. The lowest BCUT2D eigenvalue weighted by Gasteiger charge is -2.01. The van der Waals surface area contributed by atoms with E-state index in [1.807, 2.05) is 0 Å². The minimum Gasteiger partial charge on any atom is -0.478 e. The third-order valence-electron chi connectivity index (χ3n) is 2.17. The Bertz CT molecular complexity index is 536. The third kappa shape index (κ3) is 2.75. The molecule has 0 aliphatic heterocycles. The monoisotopic (exact) mass is 226 g/mol. The van der Waals surface area contributed by atoms with Gasteiger partial charge in [0.15, 0.2) is 0 Å². The lowest BCUT2D eigenvalue weighted by Crippen LogP contribution is -2.01. The quantitative estimate of drug-likeness (QED) is 0.814. The first kappa shape index (κ1) is 11.0. The molecular formula is C13H10N2O2. The van der Waals surface area contributed by atoms with Crippen molar-refractivity contribution >= 4 is 17.6 Å². The summed E-state index contributed by atoms with van der Waals surface area (Å²) in [5, 5.41) is 9.16. The first-order valence-corrected chi connectivity index (χ1v) is 5.04. The highest BCUT2D eigenvalue weighted by atomic mass is 16.4. The van der Waals surface area contributed by atoms with E-state index >= 15 is 0 Å². The first-order valence-electron chi connectivity index (χ1n) is 5.04. The molecule has 0 spiro atoms. The second-order valence-electron chi connectivity index (χ2n) is 3.36. The van der Waals surface area contributed by atoms with Crippen LogP contribution in [0, 0.1) is 0 Å². The van der Waals surface area contributed by atoms with Crippen molar-refractivity contribution in [3.05, 3.63) is 60.2 Å². The van der Waals surface area contributed by atoms with E-state index in [0.717, 1.165) is 5.56 Å². The van der Waals surface area contributed by atoms with E-state index in [1.165, 1.54) is 0 Å². The molecule has 0 aliphatic carbocycles. The minimum atomic E-state index is -1.01. The van der Waals surface area contributed by atoms with E-state index in [-0.39, 0.29) is 5.57 Å². The van der Waals surface area contributed by atoms with Crippen molar-refractivity contribution in [1.82, 2.24) is 9.97 Å². The van der Waals surface area contributed by atoms with Gasteiger partial charge in [0, 0.05) is 18.6 Å². The molecule has 0 aliphatic rings. The van der Waals surface area contributed by atoms with Gasteiger partial charge in [0.2, 0.25) is 0 Å². The summed E-state index contributed by atoms with van der Waals surface area (Å²) in [6, 6.07) is 8.70. The molecule has 17 heavy (non-hydrogen) atoms. The molecule has 1 N–H and O–H groups in total. The molecule has 2 rings (SSSR count). The normalized spacial score (nSPS) is 11.2. The van der Waals surface area contributed by atoms with Crippen LogP contribution < -0.4 is 0 Å². The number of nitrogens with zero attached hydrogens (tertiary/aromatic N) is 2. The van der Waals surface area contributed by atoms with Gasteiger partial charge in [-0.25, -0.2) is 4.79 Å². The number of aliphatic carboxylic acids is 1. The van der Waals surface area contributed by atoms with Crippen LogP contribution in [0.4, 0.5) is 0 Å². The van der Waals surface area contributed by atoms with Gasteiger partial charge in [-0.1, -0.05) is 12.1 Å². The summed E-state index contributed by atoms with van der Waals surface area (Å²) in [6.45, 7) is 0. The molecule has 2 aromatic rings. The smallest absolute Gasteiger partial charge is 0.337 e. The van der Waals surface area contributed by atoms with Crippen LogP contribution >= 0.6 is 0 Å². The molecule has 0 bridgehead atoms. The van der Waals surface area contributed by atoms with E-state index in [9.17, 15) is 4.79 Å². The Morgan fingerprint density at radius 3 is 2.65 bits per heavy atom. The second-order valence-corrected chi connectivity index (χ2v) is 3.36. The summed E-state index contributed by atoms with van der Waals surface area (Å²) >= 11 is 0. The topological polar surface area (TPSA) is 63.1 Å². The zero-order valence-electron chi connectivity index (χ0n) is 8.95. The Morgan fingerprint density at radius 1 is 1.18 bits per heavy atom. The van der Waals surface area contributed by atoms with Crippen LogP contribution in [-0.2, 0) is 4.79 Å². The average Bonchev–Trinajstić information content (AvgIpc) is 2.38. The fourth-order valence-corrected chi connectivity index (χ4v) is 1.40. The fraction of sp³-hybridized carbons (Fsp3) is 0. The van der Waals surface area contributed by atoms with Gasteiger partial charge < -0.3 is 5.11 Å². The van der Waals surface area contributed by atoms with Gasteiger partial charge in [0.1, 0.15) is 0 Å². The molecule has 4 heteroatoms. The standard InChI is InChI=1S/C13H10N2O2/c16-13(17)11(12-5-1-2-7-15-12)8-10-4-3-6-14-9-10/h1-9H,(H,16,17)/b11-8+. The molecule has 0 aromatic carbocycles. The highest BCUT2D eigenvalue weighted by Crippen LogP contribution is 2.15. The molecule has 0 amide bonds. The molecule has 84 valence electrons. The van der Waals surface area contributed by atoms with E-state index in [0.29, 0.717) is 5.69 Å². The molecule has 0 saturated heterocycles. The van der Waals surface area contributed by atoms with Crippen LogP contribution in [0.1, 0.15) is 11.3 Å². The average molecular weight is 226 g/mol. The Hall–Kier alpha value is -2.49. The number of hydrogen-bond donors (Lipinski definition) is 1. The molecule has 0 radical (unpaired) electrons. The third-order valence-corrected chi connectivity index (χ3v) is 2.17. The van der Waals surface area contributed by atoms with Crippen LogP contribution in [0.2, 0.25) is 0 Å². The second kappa shape index (κ2) is 5.03. The summed E-state index contributed by atoms with van der Waals surface area (Å²) in [7, 11) is 0. The summed E-state index contributed by atoms with van der Waals surface area (Å²) in [4.78, 5) is 19.1. The Morgan fingerprint density at radius 2 is 2.06 bits per heavy atom. The van der Waals surface area contributed by atoms with E-state index in [4.69, 9.17) is 5.11 Å². The zero-order valence-corrected chi connectivity index (χ0v) is 8.95. The Balaban J connectivity index is 2.44. The maximum absolute atomic E-state index is 11.2. The molecule has 2 heterocycles. The van der Waals surface area contributed by atoms with Crippen molar-refractivity contribution in [2.45, 2.75) is 0 Å². The van der Waals surface area contributed by atoms with E-state index < -0.39 is 5.97 Å². The summed E-state index contributed by atoms with van der Waals surface area (Å²) in [6.07, 6.45) is 6.36. The molecular weight excluding hydrogens is 216 g/mol.